The van der Waals surface area contributed by atoms with E-state index in [-0.39, 0.29) is 0 Å². The molecule has 4 nitrogen and oxygen atoms in total. The number of rotatable bonds is 0. The van der Waals surface area contributed by atoms with Gasteiger partial charge in [0.1, 0.15) is 28.1 Å². The molecule has 3 aliphatic heterocycles. The Morgan fingerprint density at radius 1 is 0.531 bits per heavy atom. The third-order valence-corrected chi connectivity index (χ3v) is 12.0. The molecule has 0 amide bonds. The monoisotopic (exact) mass is 621 g/mol. The number of para-hydroxylation sites is 2. The van der Waals surface area contributed by atoms with Crippen LogP contribution in [0.4, 0.5) is 0 Å². The molecule has 3 aliphatic rings. The zero-order chi connectivity index (χ0) is 31.3. The minimum absolute atomic E-state index is 0.627. The largest absolute Gasteiger partial charge is 0.456 e. The highest BCUT2D eigenvalue weighted by atomic mass is 16.5. The predicted molar refractivity (Wildman–Crippen MR) is 195 cm³/mol. The summed E-state index contributed by atoms with van der Waals surface area (Å²) in [5.41, 5.74) is 9.16. The lowest BCUT2D eigenvalue weighted by molar-refractivity contribution is -0.940. The molecular weight excluding hydrogens is 599 g/mol. The maximum atomic E-state index is 6.89. The molecule has 1 unspecified atom stereocenters. The Bertz CT molecular complexity index is 3420. The van der Waals surface area contributed by atoms with Gasteiger partial charge in [0.05, 0.1) is 10.9 Å². The Morgan fingerprint density at radius 2 is 1.29 bits per heavy atom. The molecule has 11 aromatic rings. The smallest absolute Gasteiger partial charge is 0.372 e. The molecule has 0 saturated carbocycles. The number of aromatic nitrogens is 3. The van der Waals surface area contributed by atoms with E-state index >= 15 is 0 Å². The maximum Gasteiger partial charge on any atom is 0.372 e. The molecule has 1 atom stereocenters. The summed E-state index contributed by atoms with van der Waals surface area (Å²) in [4.78, 5) is 0. The zero-order valence-electron chi connectivity index (χ0n) is 26.0. The van der Waals surface area contributed by atoms with E-state index < -0.39 is 5.66 Å². The van der Waals surface area contributed by atoms with Crippen molar-refractivity contribution in [2.75, 3.05) is 0 Å². The van der Waals surface area contributed by atoms with Gasteiger partial charge in [-0.05, 0) is 80.8 Å². The van der Waals surface area contributed by atoms with Crippen LogP contribution in [0.25, 0.3) is 92.7 Å². The zero-order valence-corrected chi connectivity index (χ0v) is 26.0. The van der Waals surface area contributed by atoms with Crippen LogP contribution in [0.2, 0.25) is 0 Å². The molecule has 4 heteroatoms. The lowest BCUT2D eigenvalue weighted by Crippen LogP contribution is -2.71. The summed E-state index contributed by atoms with van der Waals surface area (Å²) >= 11 is 0. The molecule has 222 valence electrons. The highest BCUT2D eigenvalue weighted by Gasteiger charge is 2.68. The van der Waals surface area contributed by atoms with E-state index in [1.54, 1.807) is 0 Å². The Balaban J connectivity index is 1.36. The second kappa shape index (κ2) is 7.46. The Morgan fingerprint density at radius 3 is 2.20 bits per heavy atom. The number of ether oxygens (including phenoxy) is 1. The molecule has 3 aromatic heterocycles. The first kappa shape index (κ1) is 23.7. The number of hydrogen-bond donors (Lipinski definition) is 0. The van der Waals surface area contributed by atoms with Crippen molar-refractivity contribution in [1.29, 1.82) is 0 Å². The first-order chi connectivity index (χ1) is 24.3. The van der Waals surface area contributed by atoms with Crippen molar-refractivity contribution in [2.24, 2.45) is 0 Å². The fourth-order valence-electron chi connectivity index (χ4n) is 10.5. The Hall–Kier alpha value is -6.52. The second-order valence-electron chi connectivity index (χ2n) is 14.0. The van der Waals surface area contributed by atoms with E-state index in [9.17, 15) is 0 Å². The van der Waals surface area contributed by atoms with Gasteiger partial charge in [0.2, 0.25) is 5.69 Å². The molecular formula is C45H23N3O+2. The fourth-order valence-corrected chi connectivity index (χ4v) is 10.5. The SMILES string of the molecule is c1cc2c3c(c1)-c1cccc[n+]1C31c3c(ccc4c5cc6cccc7c8cccc9cccc(c98)c(c67)c5n5c6ccccc6[n+]1c5c34)O2. The first-order valence-corrected chi connectivity index (χ1v) is 17.0. The van der Waals surface area contributed by atoms with Crippen LogP contribution in [0, 0.1) is 0 Å². The summed E-state index contributed by atoms with van der Waals surface area (Å²) in [5.74, 6) is 1.86. The molecule has 0 bridgehead atoms. The molecule has 0 saturated heterocycles. The lowest BCUT2D eigenvalue weighted by Gasteiger charge is -2.28. The lowest BCUT2D eigenvalue weighted by atomic mass is 9.84. The summed E-state index contributed by atoms with van der Waals surface area (Å²) in [5, 5.41) is 14.3. The number of benzene rings is 8. The van der Waals surface area contributed by atoms with Crippen molar-refractivity contribution >= 4 is 81.4 Å². The average molecular weight is 622 g/mol. The van der Waals surface area contributed by atoms with Crippen molar-refractivity contribution in [2.45, 2.75) is 5.66 Å². The van der Waals surface area contributed by atoms with Gasteiger partial charge < -0.3 is 4.74 Å². The van der Waals surface area contributed by atoms with Crippen LogP contribution in [-0.2, 0) is 5.66 Å². The topological polar surface area (TPSA) is 21.4 Å². The van der Waals surface area contributed by atoms with Crippen LogP contribution in [-0.4, -0.2) is 4.40 Å². The number of nitrogens with zero attached hydrogens (tertiary/aromatic N) is 3. The van der Waals surface area contributed by atoms with Crippen molar-refractivity contribution < 1.29 is 13.9 Å². The van der Waals surface area contributed by atoms with Gasteiger partial charge in [0.15, 0.2) is 17.2 Å². The van der Waals surface area contributed by atoms with Gasteiger partial charge in [0.25, 0.3) is 0 Å². The van der Waals surface area contributed by atoms with Crippen molar-refractivity contribution in [1.82, 2.24) is 4.40 Å². The van der Waals surface area contributed by atoms with Gasteiger partial charge in [-0.2, -0.15) is 4.40 Å². The quantitative estimate of drug-likeness (QED) is 0.0939. The van der Waals surface area contributed by atoms with Crippen LogP contribution in [0.15, 0.2) is 140 Å². The fraction of sp³-hybridized carbons (Fsp3) is 0.0222. The van der Waals surface area contributed by atoms with E-state index in [1.165, 1.54) is 104 Å². The summed E-state index contributed by atoms with van der Waals surface area (Å²) in [6.07, 6.45) is 2.27. The number of fused-ring (bicyclic) bond motifs is 11. The summed E-state index contributed by atoms with van der Waals surface area (Å²) in [6, 6.07) is 49.6. The van der Waals surface area contributed by atoms with Crippen molar-refractivity contribution in [3.8, 4) is 22.8 Å². The molecule has 1 spiro atoms. The molecule has 0 radical (unpaired) electrons. The Labute approximate surface area is 278 Å². The van der Waals surface area contributed by atoms with Crippen LogP contribution < -0.4 is 13.9 Å². The summed E-state index contributed by atoms with van der Waals surface area (Å²) in [7, 11) is 0. The van der Waals surface area contributed by atoms with Crippen LogP contribution >= 0.6 is 0 Å². The second-order valence-corrected chi connectivity index (χ2v) is 14.0. The van der Waals surface area contributed by atoms with Gasteiger partial charge in [0, 0.05) is 33.7 Å². The maximum absolute atomic E-state index is 6.89. The number of hydrogen-bond acceptors (Lipinski definition) is 1. The van der Waals surface area contributed by atoms with E-state index in [2.05, 4.69) is 153 Å². The van der Waals surface area contributed by atoms with Gasteiger partial charge in [-0.3, -0.25) is 0 Å². The predicted octanol–water partition coefficient (Wildman–Crippen LogP) is 9.72. The minimum Gasteiger partial charge on any atom is -0.456 e. The van der Waals surface area contributed by atoms with Crippen LogP contribution in [0.5, 0.6) is 11.5 Å². The van der Waals surface area contributed by atoms with Gasteiger partial charge in [-0.1, -0.05) is 72.8 Å². The van der Waals surface area contributed by atoms with Gasteiger partial charge >= 0.3 is 11.3 Å². The normalized spacial score (nSPS) is 16.8. The third kappa shape index (κ3) is 2.28. The summed E-state index contributed by atoms with van der Waals surface area (Å²) in [6.45, 7) is 0. The van der Waals surface area contributed by atoms with Crippen LogP contribution in [0.3, 0.4) is 0 Å². The van der Waals surface area contributed by atoms with Crippen LogP contribution in [0.1, 0.15) is 11.1 Å². The first-order valence-electron chi connectivity index (χ1n) is 17.0. The van der Waals surface area contributed by atoms with E-state index in [1.807, 2.05) is 0 Å². The standard InChI is InChI=1S/C45H23N3O/c1-2-18-34-33(17-1)47-43-31(23-25-11-7-13-27-26-12-5-9-24-10-6-15-30(37(24)26)39(43)38(25)27)28-20-21-36-42-40(28)44(47)48(34)45(42)41-29(14-8-19-35(41)49-36)32-16-3-4-22-46(32)45/h1-23H/q+2. The van der Waals surface area contributed by atoms with Crippen molar-refractivity contribution in [3.63, 3.8) is 0 Å². The average Bonchev–Trinajstić information content (AvgIpc) is 3.77. The number of imidazole rings is 1. The van der Waals surface area contributed by atoms with Crippen molar-refractivity contribution in [3.05, 3.63) is 151 Å². The molecule has 0 fully saturated rings. The van der Waals surface area contributed by atoms with Gasteiger partial charge in [-0.25, -0.2) is 0 Å². The molecule has 0 N–H and O–H groups in total. The van der Waals surface area contributed by atoms with E-state index in [0.29, 0.717) is 0 Å². The molecule has 8 aromatic carbocycles. The highest BCUT2D eigenvalue weighted by molar-refractivity contribution is 6.39. The summed E-state index contributed by atoms with van der Waals surface area (Å²) < 4.78 is 14.6. The molecule has 49 heavy (non-hydrogen) atoms. The minimum atomic E-state index is -0.627. The molecule has 6 heterocycles. The van der Waals surface area contributed by atoms with Gasteiger partial charge in [-0.15, -0.1) is 9.13 Å². The highest BCUT2D eigenvalue weighted by Crippen LogP contribution is 2.58. The molecule has 0 aliphatic carbocycles. The number of pyridine rings is 2. The van der Waals surface area contributed by atoms with E-state index in [0.717, 1.165) is 11.5 Å². The third-order valence-electron chi connectivity index (χ3n) is 12.0. The molecule has 14 rings (SSSR count). The van der Waals surface area contributed by atoms with E-state index in [4.69, 9.17) is 4.74 Å². The Kier molecular flexibility index (Phi) is 3.61.